The van der Waals surface area contributed by atoms with Crippen LogP contribution in [0.15, 0.2) is 54.7 Å². The first-order valence-electron chi connectivity index (χ1n) is 9.92. The van der Waals surface area contributed by atoms with E-state index in [1.165, 1.54) is 7.11 Å². The van der Waals surface area contributed by atoms with Crippen LogP contribution in [0.1, 0.15) is 44.5 Å². The van der Waals surface area contributed by atoms with E-state index in [4.69, 9.17) is 9.47 Å². The van der Waals surface area contributed by atoms with Crippen molar-refractivity contribution in [3.8, 4) is 0 Å². The third-order valence-corrected chi connectivity index (χ3v) is 4.47. The number of hydrogen-bond acceptors (Lipinski definition) is 5. The third-order valence-electron chi connectivity index (χ3n) is 4.47. The fraction of sp³-hybridized carbons (Fsp3) is 0.435. The van der Waals surface area contributed by atoms with E-state index in [1.807, 2.05) is 48.5 Å². The Labute approximate surface area is 178 Å². The average molecular weight is 414 g/mol. The molecule has 0 aliphatic rings. The van der Waals surface area contributed by atoms with E-state index in [9.17, 15) is 9.59 Å². The second kappa shape index (κ2) is 10.7. The standard InChI is InChI=1S/C23H31N3O4/c1-23(2,3)30-22(28)25-16-18(29-5)15-20(27)26(4)21(17-11-7-6-8-12-17)19-13-9-10-14-24-19/h6-14,18,21H,15-16H2,1-5H3,(H,25,28)/t18-,21-/m1/s1. The molecule has 0 saturated heterocycles. The van der Waals surface area contributed by atoms with Gasteiger partial charge in [-0.15, -0.1) is 0 Å². The Morgan fingerprint density at radius 3 is 2.33 bits per heavy atom. The molecule has 0 unspecified atom stereocenters. The zero-order valence-corrected chi connectivity index (χ0v) is 18.3. The van der Waals surface area contributed by atoms with Crippen molar-refractivity contribution in [1.82, 2.24) is 15.2 Å². The fourth-order valence-electron chi connectivity index (χ4n) is 3.00. The molecule has 0 radical (unpaired) electrons. The van der Waals surface area contributed by atoms with Crippen LogP contribution in [0.5, 0.6) is 0 Å². The normalized spacial score (nSPS) is 13.2. The van der Waals surface area contributed by atoms with E-state index in [2.05, 4.69) is 10.3 Å². The molecule has 0 fully saturated rings. The molecule has 0 saturated carbocycles. The minimum absolute atomic E-state index is 0.110. The van der Waals surface area contributed by atoms with Gasteiger partial charge in [-0.05, 0) is 38.5 Å². The van der Waals surface area contributed by atoms with Crippen LogP contribution in [0.3, 0.4) is 0 Å². The number of alkyl carbamates (subject to hydrolysis) is 1. The van der Waals surface area contributed by atoms with Crippen molar-refractivity contribution in [3.63, 3.8) is 0 Å². The Bertz CT molecular complexity index is 767. The summed E-state index contributed by atoms with van der Waals surface area (Å²) in [5.74, 6) is -0.118. The van der Waals surface area contributed by atoms with E-state index in [0.717, 1.165) is 11.3 Å². The Kier molecular flexibility index (Phi) is 8.35. The first-order valence-corrected chi connectivity index (χ1v) is 9.92. The number of methoxy groups -OCH3 is 1. The SMILES string of the molecule is CO[C@@H](CNC(=O)OC(C)(C)C)CC(=O)N(C)[C@H](c1ccccc1)c1ccccn1. The molecule has 30 heavy (non-hydrogen) atoms. The molecule has 162 valence electrons. The smallest absolute Gasteiger partial charge is 0.407 e. The molecule has 1 aromatic heterocycles. The van der Waals surface area contributed by atoms with Gasteiger partial charge in [0.25, 0.3) is 0 Å². The summed E-state index contributed by atoms with van der Waals surface area (Å²) in [6.45, 7) is 5.55. The highest BCUT2D eigenvalue weighted by atomic mass is 16.6. The van der Waals surface area contributed by atoms with Gasteiger partial charge in [0.2, 0.25) is 5.91 Å². The zero-order chi connectivity index (χ0) is 22.1. The van der Waals surface area contributed by atoms with Crippen molar-refractivity contribution in [2.24, 2.45) is 0 Å². The summed E-state index contributed by atoms with van der Waals surface area (Å²) >= 11 is 0. The lowest BCUT2D eigenvalue weighted by Crippen LogP contribution is -2.40. The van der Waals surface area contributed by atoms with Crippen molar-refractivity contribution in [2.75, 3.05) is 20.7 Å². The first-order chi connectivity index (χ1) is 14.2. The molecule has 1 heterocycles. The number of carbonyl (C=O) groups is 2. The Hall–Kier alpha value is -2.93. The zero-order valence-electron chi connectivity index (χ0n) is 18.3. The van der Waals surface area contributed by atoms with Crippen molar-refractivity contribution in [1.29, 1.82) is 0 Å². The average Bonchev–Trinajstić information content (AvgIpc) is 2.71. The van der Waals surface area contributed by atoms with E-state index in [1.54, 1.807) is 38.9 Å². The summed E-state index contributed by atoms with van der Waals surface area (Å²) in [5.41, 5.74) is 1.15. The number of amides is 2. The number of carbonyl (C=O) groups excluding carboxylic acids is 2. The quantitative estimate of drug-likeness (QED) is 0.716. The third kappa shape index (κ3) is 7.15. The minimum atomic E-state index is -0.589. The highest BCUT2D eigenvalue weighted by molar-refractivity contribution is 5.77. The van der Waals surface area contributed by atoms with Crippen LogP contribution in [0.25, 0.3) is 0 Å². The molecule has 2 rings (SSSR count). The van der Waals surface area contributed by atoms with Crippen LogP contribution in [0, 0.1) is 0 Å². The van der Waals surface area contributed by atoms with Gasteiger partial charge in [0.1, 0.15) is 5.60 Å². The highest BCUT2D eigenvalue weighted by Gasteiger charge is 2.27. The second-order valence-corrected chi connectivity index (χ2v) is 8.02. The summed E-state index contributed by atoms with van der Waals surface area (Å²) < 4.78 is 10.6. The van der Waals surface area contributed by atoms with Crippen LogP contribution in [-0.4, -0.2) is 54.3 Å². The topological polar surface area (TPSA) is 80.8 Å². The first kappa shape index (κ1) is 23.3. The number of ether oxygens (including phenoxy) is 2. The number of pyridine rings is 1. The predicted molar refractivity (Wildman–Crippen MR) is 115 cm³/mol. The summed E-state index contributed by atoms with van der Waals surface area (Å²) in [6, 6.07) is 15.1. The lowest BCUT2D eigenvalue weighted by Gasteiger charge is -2.29. The van der Waals surface area contributed by atoms with Crippen LogP contribution in [0.2, 0.25) is 0 Å². The molecular weight excluding hydrogens is 382 g/mol. The molecule has 1 N–H and O–H groups in total. The van der Waals surface area contributed by atoms with Crippen LogP contribution >= 0.6 is 0 Å². The van der Waals surface area contributed by atoms with E-state index in [-0.39, 0.29) is 24.9 Å². The number of benzene rings is 1. The van der Waals surface area contributed by atoms with Crippen LogP contribution in [0.4, 0.5) is 4.79 Å². The van der Waals surface area contributed by atoms with Crippen molar-refractivity contribution < 1.29 is 19.1 Å². The molecule has 7 nitrogen and oxygen atoms in total. The van der Waals surface area contributed by atoms with Gasteiger partial charge in [-0.25, -0.2) is 4.79 Å². The summed E-state index contributed by atoms with van der Waals surface area (Å²) in [7, 11) is 3.27. The monoisotopic (exact) mass is 413 g/mol. The van der Waals surface area contributed by atoms with Crippen molar-refractivity contribution in [2.45, 2.75) is 44.9 Å². The Balaban J connectivity index is 2.08. The van der Waals surface area contributed by atoms with Gasteiger partial charge >= 0.3 is 6.09 Å². The molecule has 2 amide bonds. The lowest BCUT2D eigenvalue weighted by molar-refractivity contribution is -0.134. The van der Waals surface area contributed by atoms with E-state index >= 15 is 0 Å². The van der Waals surface area contributed by atoms with Gasteiger partial charge < -0.3 is 19.7 Å². The van der Waals surface area contributed by atoms with Gasteiger partial charge in [-0.1, -0.05) is 36.4 Å². The predicted octanol–water partition coefficient (Wildman–Crippen LogP) is 3.56. The van der Waals surface area contributed by atoms with Gasteiger partial charge in [-0.2, -0.15) is 0 Å². The van der Waals surface area contributed by atoms with E-state index in [0.29, 0.717) is 0 Å². The second-order valence-electron chi connectivity index (χ2n) is 8.02. The van der Waals surface area contributed by atoms with Gasteiger partial charge in [-0.3, -0.25) is 9.78 Å². The van der Waals surface area contributed by atoms with Crippen LogP contribution < -0.4 is 5.32 Å². The molecule has 2 aromatic rings. The molecule has 1 aromatic carbocycles. The number of nitrogens with one attached hydrogen (secondary N) is 1. The summed E-state index contributed by atoms with van der Waals surface area (Å²) in [5, 5.41) is 2.66. The number of rotatable bonds is 8. The van der Waals surface area contributed by atoms with Crippen molar-refractivity contribution >= 4 is 12.0 Å². The molecule has 0 aliphatic heterocycles. The van der Waals surface area contributed by atoms with Gasteiger partial charge in [0.15, 0.2) is 0 Å². The number of aromatic nitrogens is 1. The molecule has 0 spiro atoms. The van der Waals surface area contributed by atoms with Gasteiger partial charge in [0, 0.05) is 26.9 Å². The highest BCUT2D eigenvalue weighted by Crippen LogP contribution is 2.26. The summed E-state index contributed by atoms with van der Waals surface area (Å²) in [4.78, 5) is 31.0. The minimum Gasteiger partial charge on any atom is -0.444 e. The molecular formula is C23H31N3O4. The molecule has 7 heteroatoms. The van der Waals surface area contributed by atoms with Gasteiger partial charge in [0.05, 0.1) is 24.3 Å². The number of nitrogens with zero attached hydrogens (tertiary/aromatic N) is 2. The molecule has 2 atom stereocenters. The largest absolute Gasteiger partial charge is 0.444 e. The summed E-state index contributed by atoms with van der Waals surface area (Å²) in [6.07, 6.45) is 0.805. The van der Waals surface area contributed by atoms with Crippen LogP contribution in [-0.2, 0) is 14.3 Å². The molecule has 0 aliphatic carbocycles. The lowest BCUT2D eigenvalue weighted by atomic mass is 10.0. The number of hydrogen-bond donors (Lipinski definition) is 1. The van der Waals surface area contributed by atoms with Crippen molar-refractivity contribution in [3.05, 3.63) is 66.0 Å². The van der Waals surface area contributed by atoms with E-state index < -0.39 is 17.8 Å². The maximum Gasteiger partial charge on any atom is 0.407 e. The maximum absolute atomic E-state index is 13.0. The Morgan fingerprint density at radius 1 is 1.10 bits per heavy atom. The maximum atomic E-state index is 13.0. The fourth-order valence-corrected chi connectivity index (χ4v) is 3.00. The Morgan fingerprint density at radius 2 is 1.77 bits per heavy atom. The molecule has 0 bridgehead atoms.